The van der Waals surface area contributed by atoms with Crippen LogP contribution in [0, 0.1) is 11.7 Å². The number of aromatic nitrogens is 3. The molecule has 1 atom stereocenters. The highest BCUT2D eigenvalue weighted by molar-refractivity contribution is 6.03. The number of hydrogen-bond acceptors (Lipinski definition) is 5. The number of pyridine rings is 1. The van der Waals surface area contributed by atoms with E-state index in [1.54, 1.807) is 36.7 Å². The smallest absolute Gasteiger partial charge is 0.356 e. The zero-order valence-electron chi connectivity index (χ0n) is 23.8. The molecule has 2 heterocycles. The summed E-state index contributed by atoms with van der Waals surface area (Å²) in [4.78, 5) is 29.9. The monoisotopic (exact) mass is 608 g/mol. The SMILES string of the molecule is NCc1cccc(-n2nc(C(F)(F)F)cc2C(=O)Nc2cc(C(CCNC(=O)CCC3CC3)c3cccnc3)ccc2F)c1. The van der Waals surface area contributed by atoms with Crippen LogP contribution >= 0.6 is 0 Å². The van der Waals surface area contributed by atoms with Gasteiger partial charge in [-0.15, -0.1) is 0 Å². The van der Waals surface area contributed by atoms with Gasteiger partial charge >= 0.3 is 6.18 Å². The lowest BCUT2D eigenvalue weighted by Crippen LogP contribution is -2.25. The third kappa shape index (κ3) is 7.67. The number of anilines is 1. The van der Waals surface area contributed by atoms with Crippen LogP contribution in [-0.4, -0.2) is 33.1 Å². The number of halogens is 4. The zero-order chi connectivity index (χ0) is 31.3. The number of nitrogens with zero attached hydrogens (tertiary/aromatic N) is 3. The van der Waals surface area contributed by atoms with E-state index in [2.05, 4.69) is 20.7 Å². The van der Waals surface area contributed by atoms with Crippen molar-refractivity contribution in [1.82, 2.24) is 20.1 Å². The minimum atomic E-state index is -4.82. The Morgan fingerprint density at radius 2 is 1.86 bits per heavy atom. The van der Waals surface area contributed by atoms with Gasteiger partial charge in [0.05, 0.1) is 11.4 Å². The molecule has 0 bridgehead atoms. The number of alkyl halides is 3. The maximum atomic E-state index is 15.0. The molecule has 230 valence electrons. The predicted molar refractivity (Wildman–Crippen MR) is 156 cm³/mol. The standard InChI is InChI=1S/C32H32F4N6O2/c33-26-10-9-22(25(23-4-2-13-38-19-23)12-14-39-30(43)11-8-20-6-7-20)16-27(26)40-31(44)28-17-29(32(34,35)36)41-42(28)24-5-1-3-21(15-24)18-37/h1-5,9-10,13,15-17,19-20,25H,6-8,11-12,14,18,37H2,(H,39,43)(H,40,44). The summed E-state index contributed by atoms with van der Waals surface area (Å²) in [5.74, 6) is -1.45. The highest BCUT2D eigenvalue weighted by Gasteiger charge is 2.36. The van der Waals surface area contributed by atoms with Gasteiger partial charge in [-0.3, -0.25) is 14.6 Å². The van der Waals surface area contributed by atoms with Crippen molar-refractivity contribution in [1.29, 1.82) is 0 Å². The molecule has 0 saturated heterocycles. The molecule has 2 aromatic heterocycles. The van der Waals surface area contributed by atoms with Crippen molar-refractivity contribution in [2.24, 2.45) is 11.7 Å². The summed E-state index contributed by atoms with van der Waals surface area (Å²) in [6, 6.07) is 14.7. The van der Waals surface area contributed by atoms with Gasteiger partial charge in [-0.05, 0) is 65.8 Å². The van der Waals surface area contributed by atoms with Crippen LogP contribution in [0.4, 0.5) is 23.2 Å². The minimum Gasteiger partial charge on any atom is -0.356 e. The van der Waals surface area contributed by atoms with E-state index < -0.39 is 29.3 Å². The summed E-state index contributed by atoms with van der Waals surface area (Å²) in [6.07, 6.45) is 2.64. The van der Waals surface area contributed by atoms with E-state index in [1.165, 1.54) is 37.1 Å². The molecule has 5 rings (SSSR count). The number of rotatable bonds is 12. The number of carbonyl (C=O) groups excluding carboxylic acids is 2. The first-order valence-electron chi connectivity index (χ1n) is 14.4. The molecular formula is C32H32F4N6O2. The van der Waals surface area contributed by atoms with Crippen LogP contribution in [0.15, 0.2) is 73.1 Å². The molecule has 0 spiro atoms. The normalized spacial score (nSPS) is 13.8. The highest BCUT2D eigenvalue weighted by atomic mass is 19.4. The highest BCUT2D eigenvalue weighted by Crippen LogP contribution is 2.34. The largest absolute Gasteiger partial charge is 0.435 e. The molecule has 2 amide bonds. The number of amides is 2. The summed E-state index contributed by atoms with van der Waals surface area (Å²) in [6.45, 7) is 0.492. The van der Waals surface area contributed by atoms with Gasteiger partial charge < -0.3 is 16.4 Å². The molecule has 1 saturated carbocycles. The van der Waals surface area contributed by atoms with Crippen LogP contribution in [-0.2, 0) is 17.5 Å². The van der Waals surface area contributed by atoms with E-state index >= 15 is 4.39 Å². The van der Waals surface area contributed by atoms with Gasteiger partial charge in [0.1, 0.15) is 11.5 Å². The van der Waals surface area contributed by atoms with Gasteiger partial charge in [0.15, 0.2) is 5.69 Å². The van der Waals surface area contributed by atoms with Crippen LogP contribution in [0.2, 0.25) is 0 Å². The molecule has 1 fully saturated rings. The van der Waals surface area contributed by atoms with E-state index in [0.717, 1.165) is 16.7 Å². The summed E-state index contributed by atoms with van der Waals surface area (Å²) in [7, 11) is 0. The number of nitrogens with one attached hydrogen (secondary N) is 2. The molecule has 1 unspecified atom stereocenters. The second-order valence-electron chi connectivity index (χ2n) is 10.9. The Labute approximate surface area is 251 Å². The van der Waals surface area contributed by atoms with Gasteiger partial charge in [0.25, 0.3) is 5.91 Å². The third-order valence-electron chi connectivity index (χ3n) is 7.58. The molecule has 1 aliphatic carbocycles. The van der Waals surface area contributed by atoms with Crippen molar-refractivity contribution in [2.75, 3.05) is 11.9 Å². The van der Waals surface area contributed by atoms with Crippen LogP contribution in [0.5, 0.6) is 0 Å². The first-order chi connectivity index (χ1) is 21.1. The Balaban J connectivity index is 1.40. The first-order valence-corrected chi connectivity index (χ1v) is 14.4. The van der Waals surface area contributed by atoms with Gasteiger partial charge in [0.2, 0.25) is 5.91 Å². The minimum absolute atomic E-state index is 0.0271. The van der Waals surface area contributed by atoms with Gasteiger partial charge in [-0.1, -0.05) is 37.1 Å². The fourth-order valence-corrected chi connectivity index (χ4v) is 5.03. The molecule has 4 N–H and O–H groups in total. The van der Waals surface area contributed by atoms with E-state index in [9.17, 15) is 22.8 Å². The van der Waals surface area contributed by atoms with Crippen LogP contribution in [0.25, 0.3) is 5.69 Å². The van der Waals surface area contributed by atoms with E-state index in [4.69, 9.17) is 5.73 Å². The molecule has 4 aromatic rings. The predicted octanol–water partition coefficient (Wildman–Crippen LogP) is 5.96. The van der Waals surface area contributed by atoms with Crippen LogP contribution in [0.1, 0.15) is 70.9 Å². The van der Waals surface area contributed by atoms with Gasteiger partial charge in [0, 0.05) is 43.9 Å². The van der Waals surface area contributed by atoms with Crippen LogP contribution < -0.4 is 16.4 Å². The number of carbonyl (C=O) groups is 2. The fourth-order valence-electron chi connectivity index (χ4n) is 5.03. The Kier molecular flexibility index (Phi) is 9.38. The topological polar surface area (TPSA) is 115 Å². The number of benzene rings is 2. The summed E-state index contributed by atoms with van der Waals surface area (Å²) in [5, 5.41) is 9.01. The van der Waals surface area contributed by atoms with Crippen molar-refractivity contribution in [3.63, 3.8) is 0 Å². The molecule has 0 aliphatic heterocycles. The lowest BCUT2D eigenvalue weighted by Gasteiger charge is -2.19. The maximum absolute atomic E-state index is 15.0. The van der Waals surface area contributed by atoms with Crippen molar-refractivity contribution >= 4 is 17.5 Å². The Hall–Kier alpha value is -4.58. The van der Waals surface area contributed by atoms with Crippen molar-refractivity contribution in [2.45, 2.75) is 50.7 Å². The van der Waals surface area contributed by atoms with E-state index in [1.807, 2.05) is 6.07 Å². The molecule has 8 nitrogen and oxygen atoms in total. The van der Waals surface area contributed by atoms with E-state index in [0.29, 0.717) is 42.5 Å². The average Bonchev–Trinajstić information content (AvgIpc) is 3.73. The third-order valence-corrected chi connectivity index (χ3v) is 7.58. The quantitative estimate of drug-likeness (QED) is 0.172. The van der Waals surface area contributed by atoms with Gasteiger partial charge in [-0.25, -0.2) is 9.07 Å². The Morgan fingerprint density at radius 1 is 1.05 bits per heavy atom. The second kappa shape index (κ2) is 13.4. The fraction of sp³-hybridized carbons (Fsp3) is 0.312. The first kappa shape index (κ1) is 30.9. The van der Waals surface area contributed by atoms with Crippen molar-refractivity contribution in [3.05, 3.63) is 107 Å². The number of hydrogen-bond donors (Lipinski definition) is 3. The number of nitrogens with two attached hydrogens (primary N) is 1. The van der Waals surface area contributed by atoms with Crippen molar-refractivity contribution < 1.29 is 27.2 Å². The Bertz CT molecular complexity index is 1620. The summed E-state index contributed by atoms with van der Waals surface area (Å²) < 4.78 is 56.7. The Morgan fingerprint density at radius 3 is 2.57 bits per heavy atom. The molecule has 44 heavy (non-hydrogen) atoms. The molecule has 2 aromatic carbocycles. The molecule has 12 heteroatoms. The maximum Gasteiger partial charge on any atom is 0.435 e. The lowest BCUT2D eigenvalue weighted by atomic mass is 9.89. The molecular weight excluding hydrogens is 576 g/mol. The summed E-state index contributed by atoms with van der Waals surface area (Å²) >= 11 is 0. The lowest BCUT2D eigenvalue weighted by molar-refractivity contribution is -0.141. The average molecular weight is 609 g/mol. The van der Waals surface area contributed by atoms with Crippen LogP contribution in [0.3, 0.4) is 0 Å². The second-order valence-corrected chi connectivity index (χ2v) is 10.9. The van der Waals surface area contributed by atoms with Gasteiger partial charge in [-0.2, -0.15) is 18.3 Å². The van der Waals surface area contributed by atoms with Crippen molar-refractivity contribution in [3.8, 4) is 5.69 Å². The summed E-state index contributed by atoms with van der Waals surface area (Å²) in [5.41, 5.74) is 6.02. The zero-order valence-corrected chi connectivity index (χ0v) is 23.8. The van der Waals surface area contributed by atoms with E-state index in [-0.39, 0.29) is 29.7 Å². The molecule has 0 radical (unpaired) electrons. The molecule has 1 aliphatic rings.